The number of ether oxygens (including phenoxy) is 2. The molecule has 5 nitrogen and oxygen atoms in total. The SMILES string of the molecule is C=CCc1ccc(OCC(O)COCCO)c(CO)c1. The number of allylic oxidation sites excluding steroid dienone is 1. The first kappa shape index (κ1) is 16.7. The van der Waals surface area contributed by atoms with Crippen LogP contribution in [0.1, 0.15) is 11.1 Å². The monoisotopic (exact) mass is 282 g/mol. The molecule has 0 aliphatic rings. The minimum Gasteiger partial charge on any atom is -0.490 e. The molecule has 0 bridgehead atoms. The van der Waals surface area contributed by atoms with E-state index >= 15 is 0 Å². The average molecular weight is 282 g/mol. The van der Waals surface area contributed by atoms with E-state index in [-0.39, 0.29) is 33.0 Å². The number of hydrogen-bond donors (Lipinski definition) is 3. The van der Waals surface area contributed by atoms with E-state index in [1.165, 1.54) is 0 Å². The summed E-state index contributed by atoms with van der Waals surface area (Å²) < 4.78 is 10.5. The van der Waals surface area contributed by atoms with Gasteiger partial charge in [0.25, 0.3) is 0 Å². The van der Waals surface area contributed by atoms with Gasteiger partial charge >= 0.3 is 0 Å². The third kappa shape index (κ3) is 5.71. The van der Waals surface area contributed by atoms with Crippen molar-refractivity contribution in [2.75, 3.05) is 26.4 Å². The van der Waals surface area contributed by atoms with E-state index in [2.05, 4.69) is 6.58 Å². The van der Waals surface area contributed by atoms with E-state index in [1.807, 2.05) is 12.1 Å². The van der Waals surface area contributed by atoms with Crippen LogP contribution >= 0.6 is 0 Å². The van der Waals surface area contributed by atoms with Crippen LogP contribution in [0.3, 0.4) is 0 Å². The normalized spacial score (nSPS) is 12.2. The summed E-state index contributed by atoms with van der Waals surface area (Å²) in [5.41, 5.74) is 1.72. The second-order valence-corrected chi connectivity index (χ2v) is 4.36. The van der Waals surface area contributed by atoms with Crippen molar-refractivity contribution in [1.82, 2.24) is 0 Å². The summed E-state index contributed by atoms with van der Waals surface area (Å²) in [7, 11) is 0. The zero-order chi connectivity index (χ0) is 14.8. The lowest BCUT2D eigenvalue weighted by Crippen LogP contribution is -2.24. The van der Waals surface area contributed by atoms with Gasteiger partial charge in [0, 0.05) is 5.56 Å². The number of hydrogen-bond acceptors (Lipinski definition) is 5. The summed E-state index contributed by atoms with van der Waals surface area (Å²) >= 11 is 0. The van der Waals surface area contributed by atoms with Gasteiger partial charge in [0.2, 0.25) is 0 Å². The molecule has 5 heteroatoms. The molecule has 3 N–H and O–H groups in total. The number of rotatable bonds is 10. The third-order valence-electron chi connectivity index (χ3n) is 2.65. The molecule has 1 aromatic carbocycles. The third-order valence-corrected chi connectivity index (χ3v) is 2.65. The van der Waals surface area contributed by atoms with Crippen molar-refractivity contribution < 1.29 is 24.8 Å². The van der Waals surface area contributed by atoms with Crippen LogP contribution in [0.15, 0.2) is 30.9 Å². The van der Waals surface area contributed by atoms with Crippen molar-refractivity contribution in [1.29, 1.82) is 0 Å². The van der Waals surface area contributed by atoms with Crippen LogP contribution in [0.5, 0.6) is 5.75 Å². The predicted molar refractivity (Wildman–Crippen MR) is 75.7 cm³/mol. The summed E-state index contributed by atoms with van der Waals surface area (Å²) in [6.45, 7) is 3.83. The standard InChI is InChI=1S/C15H22O5/c1-2-3-12-4-5-15(13(8-12)9-17)20-11-14(18)10-19-7-6-16/h2,4-5,8,14,16-18H,1,3,6-7,9-11H2. The fourth-order valence-corrected chi connectivity index (χ4v) is 1.71. The maximum atomic E-state index is 9.63. The molecule has 0 aliphatic heterocycles. The Bertz CT molecular complexity index is 405. The lowest BCUT2D eigenvalue weighted by Gasteiger charge is -2.15. The Labute approximate surface area is 119 Å². The Morgan fingerprint density at radius 3 is 2.70 bits per heavy atom. The maximum absolute atomic E-state index is 9.63. The van der Waals surface area contributed by atoms with Crippen LogP contribution < -0.4 is 4.74 Å². The molecule has 0 aliphatic carbocycles. The fraction of sp³-hybridized carbons (Fsp3) is 0.467. The highest BCUT2D eigenvalue weighted by Gasteiger charge is 2.09. The van der Waals surface area contributed by atoms with E-state index in [9.17, 15) is 10.2 Å². The van der Waals surface area contributed by atoms with Gasteiger partial charge < -0.3 is 24.8 Å². The lowest BCUT2D eigenvalue weighted by atomic mass is 10.1. The van der Waals surface area contributed by atoms with Gasteiger partial charge in [-0.25, -0.2) is 0 Å². The highest BCUT2D eigenvalue weighted by molar-refractivity contribution is 5.37. The van der Waals surface area contributed by atoms with Gasteiger partial charge in [-0.05, 0) is 24.1 Å². The molecule has 1 rings (SSSR count). The molecule has 0 saturated heterocycles. The Morgan fingerprint density at radius 2 is 2.05 bits per heavy atom. The molecule has 1 unspecified atom stereocenters. The summed E-state index contributed by atoms with van der Waals surface area (Å²) in [6.07, 6.45) is 1.74. The molecular weight excluding hydrogens is 260 g/mol. The van der Waals surface area contributed by atoms with E-state index in [1.54, 1.807) is 12.1 Å². The molecule has 0 radical (unpaired) electrons. The summed E-state index contributed by atoms with van der Waals surface area (Å²) in [5, 5.41) is 27.5. The van der Waals surface area contributed by atoms with Crippen LogP contribution in [-0.4, -0.2) is 47.9 Å². The van der Waals surface area contributed by atoms with Crippen LogP contribution in [-0.2, 0) is 17.8 Å². The van der Waals surface area contributed by atoms with Gasteiger partial charge in [0.05, 0.1) is 26.4 Å². The zero-order valence-corrected chi connectivity index (χ0v) is 11.5. The molecular formula is C15H22O5. The summed E-state index contributed by atoms with van der Waals surface area (Å²) in [6, 6.07) is 5.52. The first-order valence-corrected chi connectivity index (χ1v) is 6.54. The lowest BCUT2D eigenvalue weighted by molar-refractivity contribution is 0.00104. The molecule has 0 spiro atoms. The second kappa shape index (κ2) is 9.50. The van der Waals surface area contributed by atoms with Crippen molar-refractivity contribution >= 4 is 0 Å². The van der Waals surface area contributed by atoms with E-state index < -0.39 is 6.10 Å². The van der Waals surface area contributed by atoms with Gasteiger partial charge in [-0.15, -0.1) is 6.58 Å². The first-order chi connectivity index (χ1) is 9.71. The molecule has 1 aromatic rings. The number of aliphatic hydroxyl groups excluding tert-OH is 3. The van der Waals surface area contributed by atoms with Crippen LogP contribution in [0.2, 0.25) is 0 Å². The predicted octanol–water partition coefficient (Wildman–Crippen LogP) is 0.656. The van der Waals surface area contributed by atoms with Crippen LogP contribution in [0, 0.1) is 0 Å². The molecule has 0 heterocycles. The van der Waals surface area contributed by atoms with Gasteiger partial charge in [0.15, 0.2) is 0 Å². The Balaban J connectivity index is 2.52. The van der Waals surface area contributed by atoms with Crippen molar-refractivity contribution in [2.45, 2.75) is 19.1 Å². The fourth-order valence-electron chi connectivity index (χ4n) is 1.71. The van der Waals surface area contributed by atoms with E-state index in [0.29, 0.717) is 11.3 Å². The largest absolute Gasteiger partial charge is 0.490 e. The Morgan fingerprint density at radius 1 is 1.25 bits per heavy atom. The molecule has 0 amide bonds. The molecule has 20 heavy (non-hydrogen) atoms. The minimum atomic E-state index is -0.777. The quantitative estimate of drug-likeness (QED) is 0.434. The van der Waals surface area contributed by atoms with Gasteiger partial charge in [-0.2, -0.15) is 0 Å². The van der Waals surface area contributed by atoms with E-state index in [4.69, 9.17) is 14.6 Å². The highest BCUT2D eigenvalue weighted by Crippen LogP contribution is 2.21. The van der Waals surface area contributed by atoms with Crippen molar-refractivity contribution in [3.63, 3.8) is 0 Å². The van der Waals surface area contributed by atoms with Crippen molar-refractivity contribution in [3.05, 3.63) is 42.0 Å². The number of aliphatic hydroxyl groups is 3. The highest BCUT2D eigenvalue weighted by atomic mass is 16.5. The number of benzene rings is 1. The molecule has 112 valence electrons. The van der Waals surface area contributed by atoms with Gasteiger partial charge in [-0.3, -0.25) is 0 Å². The molecule has 1 atom stereocenters. The Kier molecular flexibility index (Phi) is 7.91. The summed E-state index contributed by atoms with van der Waals surface area (Å²) in [4.78, 5) is 0. The average Bonchev–Trinajstić information content (AvgIpc) is 2.46. The zero-order valence-electron chi connectivity index (χ0n) is 11.5. The van der Waals surface area contributed by atoms with Gasteiger partial charge in [-0.1, -0.05) is 12.1 Å². The minimum absolute atomic E-state index is 0.0687. The van der Waals surface area contributed by atoms with Crippen molar-refractivity contribution in [3.8, 4) is 5.75 Å². The molecule has 0 saturated carbocycles. The maximum Gasteiger partial charge on any atom is 0.124 e. The topological polar surface area (TPSA) is 79.2 Å². The van der Waals surface area contributed by atoms with Crippen molar-refractivity contribution in [2.24, 2.45) is 0 Å². The van der Waals surface area contributed by atoms with Crippen LogP contribution in [0.4, 0.5) is 0 Å². The Hall–Kier alpha value is -1.40. The molecule has 0 fully saturated rings. The smallest absolute Gasteiger partial charge is 0.124 e. The van der Waals surface area contributed by atoms with Gasteiger partial charge in [0.1, 0.15) is 18.5 Å². The first-order valence-electron chi connectivity index (χ1n) is 6.54. The van der Waals surface area contributed by atoms with Crippen LogP contribution in [0.25, 0.3) is 0 Å². The molecule has 0 aromatic heterocycles. The second-order valence-electron chi connectivity index (χ2n) is 4.36. The summed E-state index contributed by atoms with van der Waals surface area (Å²) in [5.74, 6) is 0.543. The van der Waals surface area contributed by atoms with E-state index in [0.717, 1.165) is 12.0 Å².